The Labute approximate surface area is 127 Å². The summed E-state index contributed by atoms with van der Waals surface area (Å²) in [4.78, 5) is 29.7. The molecule has 0 aromatic carbocycles. The van der Waals surface area contributed by atoms with Crippen LogP contribution in [0.2, 0.25) is 0 Å². The lowest BCUT2D eigenvalue weighted by molar-refractivity contribution is -0.121. The molecule has 0 aliphatic heterocycles. The number of carbonyl (C=O) groups excluding carboxylic acids is 1. The Morgan fingerprint density at radius 2 is 2.14 bits per heavy atom. The molecule has 0 aliphatic rings. The number of rotatable bonds is 6. The van der Waals surface area contributed by atoms with Crippen molar-refractivity contribution < 1.29 is 4.79 Å². The first-order chi connectivity index (χ1) is 10.0. The van der Waals surface area contributed by atoms with Gasteiger partial charge in [-0.2, -0.15) is 0 Å². The summed E-state index contributed by atoms with van der Waals surface area (Å²) in [5.41, 5.74) is 3.17. The van der Waals surface area contributed by atoms with E-state index < -0.39 is 0 Å². The first-order valence-electron chi connectivity index (χ1n) is 6.99. The van der Waals surface area contributed by atoms with E-state index in [1.54, 1.807) is 22.2 Å². The van der Waals surface area contributed by atoms with Gasteiger partial charge in [0.05, 0.1) is 11.7 Å². The summed E-state index contributed by atoms with van der Waals surface area (Å²) in [7, 11) is 0. The van der Waals surface area contributed by atoms with Gasteiger partial charge < -0.3 is 0 Å². The predicted octanol–water partition coefficient (Wildman–Crippen LogP) is 1.63. The van der Waals surface area contributed by atoms with Crippen molar-refractivity contribution in [3.05, 3.63) is 27.1 Å². The number of thiophene rings is 1. The molecule has 1 amide bonds. The van der Waals surface area contributed by atoms with Gasteiger partial charge in [0.1, 0.15) is 4.83 Å². The van der Waals surface area contributed by atoms with Gasteiger partial charge in [0.15, 0.2) is 0 Å². The van der Waals surface area contributed by atoms with Gasteiger partial charge in [0.2, 0.25) is 5.91 Å². The molecule has 7 heteroatoms. The zero-order valence-corrected chi connectivity index (χ0v) is 13.1. The fourth-order valence-corrected chi connectivity index (χ4v) is 3.23. The number of carbonyl (C=O) groups is 1. The minimum absolute atomic E-state index is 0.0292. The molecule has 0 saturated heterocycles. The molecule has 114 valence electrons. The summed E-state index contributed by atoms with van der Waals surface area (Å²) >= 11 is 1.56. The average Bonchev–Trinajstić information content (AvgIpc) is 2.76. The zero-order chi connectivity index (χ0) is 15.4. The molecule has 0 saturated carbocycles. The number of hydrogen-bond donors (Lipinski definition) is 2. The Morgan fingerprint density at radius 1 is 1.38 bits per heavy atom. The first-order valence-corrected chi connectivity index (χ1v) is 7.81. The number of amides is 1. The Balaban J connectivity index is 2.00. The normalized spacial score (nSPS) is 11.0. The van der Waals surface area contributed by atoms with E-state index in [9.17, 15) is 9.59 Å². The highest BCUT2D eigenvalue weighted by molar-refractivity contribution is 7.18. The minimum Gasteiger partial charge on any atom is -0.299 e. The van der Waals surface area contributed by atoms with Crippen LogP contribution in [0.25, 0.3) is 10.2 Å². The molecular weight excluding hydrogens is 288 g/mol. The van der Waals surface area contributed by atoms with Crippen LogP contribution in [0, 0.1) is 13.8 Å². The number of fused-ring (bicyclic) bond motifs is 1. The summed E-state index contributed by atoms with van der Waals surface area (Å²) < 4.78 is 1.66. The van der Waals surface area contributed by atoms with Crippen molar-refractivity contribution in [2.45, 2.75) is 46.1 Å². The van der Waals surface area contributed by atoms with Crippen molar-refractivity contribution in [2.75, 3.05) is 0 Å². The van der Waals surface area contributed by atoms with Gasteiger partial charge in [-0.1, -0.05) is 6.42 Å². The number of hydrazine groups is 1. The zero-order valence-electron chi connectivity index (χ0n) is 12.3. The molecule has 0 atom stereocenters. The van der Waals surface area contributed by atoms with Gasteiger partial charge in [-0.3, -0.25) is 19.6 Å². The highest BCUT2D eigenvalue weighted by Crippen LogP contribution is 2.25. The lowest BCUT2D eigenvalue weighted by atomic mass is 10.2. The summed E-state index contributed by atoms with van der Waals surface area (Å²) in [6.07, 6.45) is 4.52. The quantitative estimate of drug-likeness (QED) is 0.367. The van der Waals surface area contributed by atoms with E-state index in [0.717, 1.165) is 39.9 Å². The third-order valence-electron chi connectivity index (χ3n) is 3.62. The highest BCUT2D eigenvalue weighted by atomic mass is 32.1. The fraction of sp³-hybridized carbons (Fsp3) is 0.500. The molecule has 2 heterocycles. The third-order valence-corrected chi connectivity index (χ3v) is 4.73. The molecule has 2 aromatic heterocycles. The van der Waals surface area contributed by atoms with E-state index in [1.807, 2.05) is 13.8 Å². The Hall–Kier alpha value is -1.73. The van der Waals surface area contributed by atoms with Crippen molar-refractivity contribution in [3.8, 4) is 0 Å². The van der Waals surface area contributed by atoms with Crippen molar-refractivity contribution in [1.29, 1.82) is 0 Å². The number of nitrogens with one attached hydrogen (secondary N) is 1. The molecule has 0 aliphatic carbocycles. The standard InChI is InChI=1S/C14H20N4O2S/c1-9-10(2)21-13-12(9)14(20)18(8-16-13)7-5-3-4-6-11(19)17-15/h8H,3-7,15H2,1-2H3,(H,17,19). The second-order valence-electron chi connectivity index (χ2n) is 5.08. The van der Waals surface area contributed by atoms with E-state index in [-0.39, 0.29) is 11.5 Å². The summed E-state index contributed by atoms with van der Waals surface area (Å²) in [5.74, 6) is 4.86. The van der Waals surface area contributed by atoms with Gasteiger partial charge >= 0.3 is 0 Å². The van der Waals surface area contributed by atoms with E-state index in [2.05, 4.69) is 10.4 Å². The van der Waals surface area contributed by atoms with Crippen LogP contribution < -0.4 is 16.8 Å². The molecule has 21 heavy (non-hydrogen) atoms. The lowest BCUT2D eigenvalue weighted by Gasteiger charge is -2.05. The lowest BCUT2D eigenvalue weighted by Crippen LogP contribution is -2.29. The number of nitrogens with two attached hydrogens (primary N) is 1. The highest BCUT2D eigenvalue weighted by Gasteiger charge is 2.11. The summed E-state index contributed by atoms with van der Waals surface area (Å²) in [6, 6.07) is 0. The van der Waals surface area contributed by atoms with Crippen LogP contribution in [0.3, 0.4) is 0 Å². The van der Waals surface area contributed by atoms with Crippen LogP contribution in [0.15, 0.2) is 11.1 Å². The molecule has 3 N–H and O–H groups in total. The molecule has 0 spiro atoms. The smallest absolute Gasteiger partial charge is 0.262 e. The summed E-state index contributed by atoms with van der Waals surface area (Å²) in [6.45, 7) is 4.60. The van der Waals surface area contributed by atoms with E-state index in [4.69, 9.17) is 5.84 Å². The average molecular weight is 308 g/mol. The van der Waals surface area contributed by atoms with Crippen molar-refractivity contribution in [2.24, 2.45) is 5.84 Å². The maximum atomic E-state index is 12.4. The molecule has 2 rings (SSSR count). The van der Waals surface area contributed by atoms with E-state index in [1.165, 1.54) is 0 Å². The molecule has 2 aromatic rings. The monoisotopic (exact) mass is 308 g/mol. The molecule has 0 radical (unpaired) electrons. The summed E-state index contributed by atoms with van der Waals surface area (Å²) in [5, 5.41) is 0.738. The predicted molar refractivity (Wildman–Crippen MR) is 84.2 cm³/mol. The number of aromatic nitrogens is 2. The van der Waals surface area contributed by atoms with Gasteiger partial charge in [-0.05, 0) is 32.3 Å². The third kappa shape index (κ3) is 3.48. The maximum Gasteiger partial charge on any atom is 0.262 e. The van der Waals surface area contributed by atoms with Crippen molar-refractivity contribution in [1.82, 2.24) is 15.0 Å². The Bertz CT molecular complexity index is 705. The second kappa shape index (κ2) is 6.82. The van der Waals surface area contributed by atoms with Gasteiger partial charge in [0, 0.05) is 17.8 Å². The second-order valence-corrected chi connectivity index (χ2v) is 6.29. The number of hydrogen-bond acceptors (Lipinski definition) is 5. The molecular formula is C14H20N4O2S. The van der Waals surface area contributed by atoms with Crippen LogP contribution in [0.1, 0.15) is 36.1 Å². The molecule has 6 nitrogen and oxygen atoms in total. The first kappa shape index (κ1) is 15.7. The topological polar surface area (TPSA) is 90.0 Å². The maximum absolute atomic E-state index is 12.4. The van der Waals surface area contributed by atoms with Crippen LogP contribution in [-0.4, -0.2) is 15.5 Å². The SMILES string of the molecule is Cc1sc2ncn(CCCCCC(=O)NN)c(=O)c2c1C. The van der Waals surface area contributed by atoms with Crippen molar-refractivity contribution in [3.63, 3.8) is 0 Å². The van der Waals surface area contributed by atoms with Crippen molar-refractivity contribution >= 4 is 27.5 Å². The van der Waals surface area contributed by atoms with Gasteiger partial charge in [0.25, 0.3) is 5.56 Å². The number of aryl methyl sites for hydroxylation is 3. The van der Waals surface area contributed by atoms with Crippen LogP contribution in [0.5, 0.6) is 0 Å². The number of nitrogens with zero attached hydrogens (tertiary/aromatic N) is 2. The fourth-order valence-electron chi connectivity index (χ4n) is 2.25. The molecule has 0 fully saturated rings. The van der Waals surface area contributed by atoms with Crippen LogP contribution in [-0.2, 0) is 11.3 Å². The Morgan fingerprint density at radius 3 is 2.86 bits per heavy atom. The molecule has 0 bridgehead atoms. The minimum atomic E-state index is -0.153. The Kier molecular flexibility index (Phi) is 5.08. The number of unbranched alkanes of at least 4 members (excludes halogenated alkanes) is 2. The molecule has 0 unspecified atom stereocenters. The largest absolute Gasteiger partial charge is 0.299 e. The van der Waals surface area contributed by atoms with Gasteiger partial charge in [-0.15, -0.1) is 11.3 Å². The van der Waals surface area contributed by atoms with Gasteiger partial charge in [-0.25, -0.2) is 10.8 Å². The van der Waals surface area contributed by atoms with E-state index in [0.29, 0.717) is 13.0 Å². The van der Waals surface area contributed by atoms with Crippen LogP contribution >= 0.6 is 11.3 Å². The van der Waals surface area contributed by atoms with Crippen LogP contribution in [0.4, 0.5) is 0 Å². The van der Waals surface area contributed by atoms with E-state index >= 15 is 0 Å².